The van der Waals surface area contributed by atoms with E-state index in [9.17, 15) is 20.4 Å². The molecule has 1 aliphatic heterocycles. The first-order chi connectivity index (χ1) is 11.7. The highest BCUT2D eigenvalue weighted by molar-refractivity contribution is 5.19. The smallest absolute Gasteiger partial charge is 0.187 e. The minimum atomic E-state index is -1.42. The number of aliphatic hydroxyl groups excluding tert-OH is 4. The molecule has 1 heterocycles. The molecule has 0 aromatic carbocycles. The van der Waals surface area contributed by atoms with Gasteiger partial charge in [-0.2, -0.15) is 0 Å². The van der Waals surface area contributed by atoms with Gasteiger partial charge >= 0.3 is 0 Å². The average molecular weight is 356 g/mol. The van der Waals surface area contributed by atoms with Crippen LogP contribution in [0.3, 0.4) is 0 Å². The Labute approximate surface area is 149 Å². The number of rotatable bonds is 5. The van der Waals surface area contributed by atoms with E-state index in [0.29, 0.717) is 5.92 Å². The summed E-state index contributed by atoms with van der Waals surface area (Å²) in [5.41, 5.74) is 1.52. The molecule has 2 rings (SSSR count). The van der Waals surface area contributed by atoms with Crippen LogP contribution in [0, 0.1) is 11.3 Å². The maximum absolute atomic E-state index is 10.0. The third kappa shape index (κ3) is 4.70. The highest BCUT2D eigenvalue weighted by atomic mass is 16.7. The van der Waals surface area contributed by atoms with E-state index in [2.05, 4.69) is 32.9 Å². The van der Waals surface area contributed by atoms with Crippen LogP contribution in [0.15, 0.2) is 23.8 Å². The van der Waals surface area contributed by atoms with Crippen LogP contribution in [-0.4, -0.2) is 63.8 Å². The van der Waals surface area contributed by atoms with Crippen LogP contribution in [0.2, 0.25) is 0 Å². The van der Waals surface area contributed by atoms with Crippen LogP contribution < -0.4 is 0 Å². The van der Waals surface area contributed by atoms with Gasteiger partial charge in [-0.05, 0) is 32.1 Å². The Morgan fingerprint density at radius 1 is 1.28 bits per heavy atom. The van der Waals surface area contributed by atoms with Crippen molar-refractivity contribution in [3.8, 4) is 0 Å². The highest BCUT2D eigenvalue weighted by Crippen LogP contribution is 2.41. The number of ether oxygens (including phenoxy) is 2. The molecule has 0 saturated carbocycles. The molecular formula is C19H32O6. The topological polar surface area (TPSA) is 99.4 Å². The van der Waals surface area contributed by atoms with Crippen molar-refractivity contribution in [3.05, 3.63) is 23.8 Å². The van der Waals surface area contributed by atoms with Crippen molar-refractivity contribution in [2.45, 2.75) is 77.3 Å². The number of aliphatic hydroxyl groups is 4. The molecule has 7 atom stereocenters. The second kappa shape index (κ2) is 8.29. The van der Waals surface area contributed by atoms with E-state index in [4.69, 9.17) is 9.47 Å². The van der Waals surface area contributed by atoms with E-state index in [0.717, 1.165) is 12.8 Å². The standard InChI is InChI=1S/C19H32O6/c1-11-6-5-9-19(3,4)13(11)8-7-12(2)24-18-17(23)16(22)15(21)14(10-20)25-18/h6-8,12-18,20-23H,5,9-10H2,1-4H3/b8-7+/t12?,13?,14-,15-,16+,17-,18-/m1/s1. The summed E-state index contributed by atoms with van der Waals surface area (Å²) in [6, 6.07) is 0. The maximum Gasteiger partial charge on any atom is 0.187 e. The first-order valence-corrected chi connectivity index (χ1v) is 8.98. The second-order valence-corrected chi connectivity index (χ2v) is 7.88. The molecule has 0 aromatic heterocycles. The van der Waals surface area contributed by atoms with Crippen LogP contribution in [-0.2, 0) is 9.47 Å². The lowest BCUT2D eigenvalue weighted by atomic mass is 9.68. The molecule has 1 aliphatic carbocycles. The molecule has 0 spiro atoms. The van der Waals surface area contributed by atoms with Crippen molar-refractivity contribution in [1.29, 1.82) is 0 Å². The molecule has 25 heavy (non-hydrogen) atoms. The van der Waals surface area contributed by atoms with E-state index in [1.807, 2.05) is 13.0 Å². The first kappa shape index (κ1) is 20.6. The van der Waals surface area contributed by atoms with Crippen molar-refractivity contribution in [2.75, 3.05) is 6.61 Å². The fourth-order valence-electron chi connectivity index (χ4n) is 3.69. The Morgan fingerprint density at radius 3 is 2.56 bits per heavy atom. The summed E-state index contributed by atoms with van der Waals surface area (Å²) < 4.78 is 11.1. The zero-order chi connectivity index (χ0) is 18.8. The van der Waals surface area contributed by atoms with E-state index in [1.54, 1.807) is 0 Å². The molecule has 1 fully saturated rings. The number of hydrogen-bond donors (Lipinski definition) is 4. The average Bonchev–Trinajstić information content (AvgIpc) is 2.54. The minimum Gasteiger partial charge on any atom is -0.394 e. The summed E-state index contributed by atoms with van der Waals surface area (Å²) in [6.07, 6.45) is 1.96. The number of hydrogen-bond acceptors (Lipinski definition) is 6. The van der Waals surface area contributed by atoms with E-state index in [1.165, 1.54) is 5.57 Å². The Balaban J connectivity index is 2.00. The normalized spacial score (nSPS) is 40.1. The van der Waals surface area contributed by atoms with E-state index >= 15 is 0 Å². The van der Waals surface area contributed by atoms with Gasteiger partial charge in [-0.3, -0.25) is 0 Å². The Bertz CT molecular complexity index is 498. The van der Waals surface area contributed by atoms with Gasteiger partial charge in [0.25, 0.3) is 0 Å². The Kier molecular flexibility index (Phi) is 6.81. The molecule has 1 saturated heterocycles. The predicted molar refractivity (Wildman–Crippen MR) is 93.7 cm³/mol. The molecule has 2 unspecified atom stereocenters. The monoisotopic (exact) mass is 356 g/mol. The molecule has 144 valence electrons. The van der Waals surface area contributed by atoms with Gasteiger partial charge < -0.3 is 29.9 Å². The summed E-state index contributed by atoms with van der Waals surface area (Å²) in [5, 5.41) is 38.9. The molecule has 2 aliphatic rings. The van der Waals surface area contributed by atoms with Gasteiger partial charge in [0.15, 0.2) is 6.29 Å². The minimum absolute atomic E-state index is 0.179. The van der Waals surface area contributed by atoms with Crippen molar-refractivity contribution < 1.29 is 29.9 Å². The molecule has 0 amide bonds. The summed E-state index contributed by atoms with van der Waals surface area (Å²) >= 11 is 0. The van der Waals surface area contributed by atoms with Gasteiger partial charge in [0.05, 0.1) is 12.7 Å². The van der Waals surface area contributed by atoms with Crippen LogP contribution in [0.4, 0.5) is 0 Å². The summed E-state index contributed by atoms with van der Waals surface area (Å²) in [5.74, 6) is 0.321. The summed E-state index contributed by atoms with van der Waals surface area (Å²) in [4.78, 5) is 0. The van der Waals surface area contributed by atoms with Gasteiger partial charge in [0.1, 0.15) is 24.4 Å². The maximum atomic E-state index is 10.0. The SMILES string of the molecule is CC1=CCCC(C)(C)C1/C=C/C(C)O[C@@H]1O[C@H](CO)[C@@H](O)[C@H](O)[C@H]1O. The summed E-state index contributed by atoms with van der Waals surface area (Å²) in [7, 11) is 0. The van der Waals surface area contributed by atoms with Gasteiger partial charge in [-0.1, -0.05) is 37.6 Å². The van der Waals surface area contributed by atoms with Crippen molar-refractivity contribution in [2.24, 2.45) is 11.3 Å². The van der Waals surface area contributed by atoms with Gasteiger partial charge in [-0.15, -0.1) is 0 Å². The van der Waals surface area contributed by atoms with Crippen LogP contribution >= 0.6 is 0 Å². The molecule has 4 N–H and O–H groups in total. The zero-order valence-corrected chi connectivity index (χ0v) is 15.5. The molecule has 6 nitrogen and oxygen atoms in total. The molecule has 0 radical (unpaired) electrons. The van der Waals surface area contributed by atoms with Gasteiger partial charge in [0, 0.05) is 5.92 Å². The zero-order valence-electron chi connectivity index (χ0n) is 15.5. The molecule has 0 bridgehead atoms. The quantitative estimate of drug-likeness (QED) is 0.551. The van der Waals surface area contributed by atoms with Crippen molar-refractivity contribution in [3.63, 3.8) is 0 Å². The Morgan fingerprint density at radius 2 is 1.96 bits per heavy atom. The molecule has 0 aromatic rings. The van der Waals surface area contributed by atoms with Gasteiger partial charge in [-0.25, -0.2) is 0 Å². The first-order valence-electron chi connectivity index (χ1n) is 8.98. The molecule has 6 heteroatoms. The van der Waals surface area contributed by atoms with E-state index in [-0.39, 0.29) is 11.5 Å². The van der Waals surface area contributed by atoms with Crippen LogP contribution in [0.25, 0.3) is 0 Å². The fraction of sp³-hybridized carbons (Fsp3) is 0.789. The van der Waals surface area contributed by atoms with Gasteiger partial charge in [0.2, 0.25) is 0 Å². The number of allylic oxidation sites excluding steroid dienone is 3. The van der Waals surface area contributed by atoms with Crippen molar-refractivity contribution in [1.82, 2.24) is 0 Å². The van der Waals surface area contributed by atoms with E-state index < -0.39 is 37.3 Å². The fourth-order valence-corrected chi connectivity index (χ4v) is 3.69. The summed E-state index contributed by atoms with van der Waals surface area (Å²) in [6.45, 7) is 8.00. The highest BCUT2D eigenvalue weighted by Gasteiger charge is 2.44. The third-order valence-electron chi connectivity index (χ3n) is 5.36. The Hall–Kier alpha value is -0.760. The lowest BCUT2D eigenvalue weighted by molar-refractivity contribution is -0.306. The van der Waals surface area contributed by atoms with Crippen molar-refractivity contribution >= 4 is 0 Å². The largest absolute Gasteiger partial charge is 0.394 e. The third-order valence-corrected chi connectivity index (χ3v) is 5.36. The van der Waals surface area contributed by atoms with Crippen LogP contribution in [0.5, 0.6) is 0 Å². The molecular weight excluding hydrogens is 324 g/mol. The lowest BCUT2D eigenvalue weighted by Crippen LogP contribution is -2.59. The lowest BCUT2D eigenvalue weighted by Gasteiger charge is -2.40. The second-order valence-electron chi connectivity index (χ2n) is 7.88. The predicted octanol–water partition coefficient (Wildman–Crippen LogP) is 1.13. The van der Waals surface area contributed by atoms with Crippen LogP contribution in [0.1, 0.15) is 40.5 Å².